The molecule has 0 spiro atoms. The molecule has 0 saturated carbocycles. The molecule has 22 heavy (non-hydrogen) atoms. The molecule has 3 aromatic rings. The molecule has 0 saturated heterocycles. The van der Waals surface area contributed by atoms with Crippen molar-refractivity contribution in [1.82, 2.24) is 9.97 Å². The number of nitrogens with one attached hydrogen (secondary N) is 1. The van der Waals surface area contributed by atoms with Crippen LogP contribution in [0, 0.1) is 0 Å². The van der Waals surface area contributed by atoms with Crippen molar-refractivity contribution in [3.05, 3.63) is 86.3 Å². The fourth-order valence-corrected chi connectivity index (χ4v) is 2.85. The Morgan fingerprint density at radius 2 is 1.36 bits per heavy atom. The molecule has 0 unspecified atom stereocenters. The molecule has 2 aromatic carbocycles. The summed E-state index contributed by atoms with van der Waals surface area (Å²) in [6.07, 6.45) is 1.60. The van der Waals surface area contributed by atoms with Crippen LogP contribution in [-0.4, -0.2) is 15.1 Å². The summed E-state index contributed by atoms with van der Waals surface area (Å²) in [6.45, 7) is 0. The van der Waals surface area contributed by atoms with Gasteiger partial charge < -0.3 is 10.1 Å². The van der Waals surface area contributed by atoms with Gasteiger partial charge >= 0.3 is 0 Å². The van der Waals surface area contributed by atoms with E-state index in [0.29, 0.717) is 31.6 Å². The lowest BCUT2D eigenvalue weighted by molar-refractivity contribution is 0.116. The molecule has 0 aliphatic carbocycles. The van der Waals surface area contributed by atoms with Crippen LogP contribution in [0.5, 0.6) is 0 Å². The minimum atomic E-state index is -1.43. The van der Waals surface area contributed by atoms with Gasteiger partial charge in [0.1, 0.15) is 10.4 Å². The van der Waals surface area contributed by atoms with Gasteiger partial charge in [0.15, 0.2) is 5.60 Å². The molecule has 1 heterocycles. The molecule has 0 amide bonds. The molecule has 0 aliphatic heterocycles. The van der Waals surface area contributed by atoms with Gasteiger partial charge in [-0.15, -0.1) is 0 Å². The van der Waals surface area contributed by atoms with Crippen LogP contribution < -0.4 is 0 Å². The Labute approximate surface area is 146 Å². The van der Waals surface area contributed by atoms with Gasteiger partial charge in [-0.1, -0.05) is 47.5 Å². The Balaban J connectivity index is 2.21. The zero-order chi connectivity index (χ0) is 15.7. The first kappa shape index (κ1) is 15.6. The standard InChI is InChI=1S/C16H11BrCl2N2O/c17-14-9-20-15(21-14)16(22,10-1-5-12(18)6-2-10)11-3-7-13(19)8-4-11/h1-9,22H,(H,20,21). The predicted octanol–water partition coefficient (Wildman–Crippen LogP) is 4.76. The van der Waals surface area contributed by atoms with Crippen LogP contribution in [0.15, 0.2) is 59.3 Å². The smallest absolute Gasteiger partial charge is 0.173 e. The highest BCUT2D eigenvalue weighted by Crippen LogP contribution is 2.36. The number of nitrogens with zero attached hydrogens (tertiary/aromatic N) is 1. The number of H-pyrrole nitrogens is 1. The number of imidazole rings is 1. The molecule has 3 rings (SSSR count). The summed E-state index contributed by atoms with van der Waals surface area (Å²) in [4.78, 5) is 7.30. The average Bonchev–Trinajstić information content (AvgIpc) is 2.95. The second-order valence-electron chi connectivity index (χ2n) is 4.80. The van der Waals surface area contributed by atoms with E-state index in [4.69, 9.17) is 23.2 Å². The quantitative estimate of drug-likeness (QED) is 0.669. The molecule has 0 bridgehead atoms. The molecule has 1 aromatic heterocycles. The number of hydrogen-bond donors (Lipinski definition) is 2. The van der Waals surface area contributed by atoms with Crippen LogP contribution in [0.3, 0.4) is 0 Å². The molecule has 0 fully saturated rings. The molecule has 2 N–H and O–H groups in total. The highest BCUT2D eigenvalue weighted by molar-refractivity contribution is 9.10. The topological polar surface area (TPSA) is 48.9 Å². The third-order valence-electron chi connectivity index (χ3n) is 3.41. The summed E-state index contributed by atoms with van der Waals surface area (Å²) in [5.74, 6) is 0.406. The molecule has 0 radical (unpaired) electrons. The van der Waals surface area contributed by atoms with Crippen LogP contribution in [-0.2, 0) is 5.60 Å². The first-order valence-electron chi connectivity index (χ1n) is 6.45. The van der Waals surface area contributed by atoms with E-state index in [1.807, 2.05) is 0 Å². The molecule has 112 valence electrons. The summed E-state index contributed by atoms with van der Waals surface area (Å²) in [7, 11) is 0. The molecular weight excluding hydrogens is 387 g/mol. The number of halogens is 3. The lowest BCUT2D eigenvalue weighted by Gasteiger charge is -2.27. The van der Waals surface area contributed by atoms with Gasteiger partial charge in [-0.3, -0.25) is 0 Å². The fraction of sp³-hybridized carbons (Fsp3) is 0.0625. The number of hydrogen-bond acceptors (Lipinski definition) is 2. The van der Waals surface area contributed by atoms with Crippen LogP contribution in [0.4, 0.5) is 0 Å². The molecule has 0 aliphatic rings. The summed E-state index contributed by atoms with van der Waals surface area (Å²) in [5.41, 5.74) is -0.122. The molecule has 3 nitrogen and oxygen atoms in total. The van der Waals surface area contributed by atoms with Gasteiger partial charge in [-0.25, -0.2) is 4.98 Å². The van der Waals surface area contributed by atoms with Gasteiger partial charge in [-0.2, -0.15) is 0 Å². The summed E-state index contributed by atoms with van der Waals surface area (Å²) >= 11 is 15.2. The van der Waals surface area contributed by atoms with Crippen LogP contribution in [0.1, 0.15) is 17.0 Å². The maximum atomic E-state index is 11.4. The van der Waals surface area contributed by atoms with Crippen molar-refractivity contribution < 1.29 is 5.11 Å². The Kier molecular flexibility index (Phi) is 4.28. The minimum Gasteiger partial charge on any atom is -0.373 e. The van der Waals surface area contributed by atoms with Crippen molar-refractivity contribution in [2.24, 2.45) is 0 Å². The first-order valence-corrected chi connectivity index (χ1v) is 8.00. The van der Waals surface area contributed by atoms with E-state index in [2.05, 4.69) is 25.9 Å². The summed E-state index contributed by atoms with van der Waals surface area (Å²) in [5, 5.41) is 12.6. The van der Waals surface area contributed by atoms with Crippen LogP contribution in [0.25, 0.3) is 0 Å². The highest BCUT2D eigenvalue weighted by Gasteiger charge is 2.36. The van der Waals surface area contributed by atoms with Crippen molar-refractivity contribution in [1.29, 1.82) is 0 Å². The SMILES string of the molecule is OC(c1ccc(Cl)cc1)(c1ccc(Cl)cc1)c1ncc(Br)[nH]1. The Hall–Kier alpha value is -1.33. The van der Waals surface area contributed by atoms with Crippen LogP contribution >= 0.6 is 39.1 Å². The predicted molar refractivity (Wildman–Crippen MR) is 91.3 cm³/mol. The van der Waals surface area contributed by atoms with E-state index in [-0.39, 0.29) is 0 Å². The lowest BCUT2D eigenvalue weighted by atomic mass is 9.85. The van der Waals surface area contributed by atoms with Crippen molar-refractivity contribution in [3.63, 3.8) is 0 Å². The largest absolute Gasteiger partial charge is 0.373 e. The maximum Gasteiger partial charge on any atom is 0.173 e. The van der Waals surface area contributed by atoms with E-state index in [0.717, 1.165) is 0 Å². The number of aromatic amines is 1. The highest BCUT2D eigenvalue weighted by atomic mass is 79.9. The fourth-order valence-electron chi connectivity index (χ4n) is 2.31. The third-order valence-corrected chi connectivity index (χ3v) is 4.32. The number of aromatic nitrogens is 2. The van der Waals surface area contributed by atoms with Crippen molar-refractivity contribution >= 4 is 39.1 Å². The zero-order valence-electron chi connectivity index (χ0n) is 11.2. The van der Waals surface area contributed by atoms with Crippen molar-refractivity contribution in [2.75, 3.05) is 0 Å². The normalized spacial score (nSPS) is 11.6. The number of rotatable bonds is 3. The van der Waals surface area contributed by atoms with E-state index < -0.39 is 5.60 Å². The van der Waals surface area contributed by atoms with Gasteiger partial charge in [0.05, 0.1) is 6.20 Å². The monoisotopic (exact) mass is 396 g/mol. The summed E-state index contributed by atoms with van der Waals surface area (Å²) < 4.78 is 0.684. The third kappa shape index (κ3) is 2.79. The van der Waals surface area contributed by atoms with Crippen molar-refractivity contribution in [2.45, 2.75) is 5.60 Å². The molecular formula is C16H11BrCl2N2O. The van der Waals surface area contributed by atoms with E-state index in [1.165, 1.54) is 0 Å². The van der Waals surface area contributed by atoms with Crippen molar-refractivity contribution in [3.8, 4) is 0 Å². The van der Waals surface area contributed by atoms with Gasteiger partial charge in [0.25, 0.3) is 0 Å². The lowest BCUT2D eigenvalue weighted by Crippen LogP contribution is -2.30. The second kappa shape index (κ2) is 6.05. The van der Waals surface area contributed by atoms with Gasteiger partial charge in [-0.05, 0) is 51.3 Å². The minimum absolute atomic E-state index is 0.406. The Morgan fingerprint density at radius 3 is 1.73 bits per heavy atom. The number of aliphatic hydroxyl groups is 1. The zero-order valence-corrected chi connectivity index (χ0v) is 14.3. The van der Waals surface area contributed by atoms with Crippen LogP contribution in [0.2, 0.25) is 10.0 Å². The van der Waals surface area contributed by atoms with Gasteiger partial charge in [0, 0.05) is 10.0 Å². The van der Waals surface area contributed by atoms with E-state index in [1.54, 1.807) is 54.7 Å². The van der Waals surface area contributed by atoms with E-state index in [9.17, 15) is 5.11 Å². The molecule has 0 atom stereocenters. The summed E-state index contributed by atoms with van der Waals surface area (Å²) in [6, 6.07) is 14.0. The average molecular weight is 398 g/mol. The number of benzene rings is 2. The maximum absolute atomic E-state index is 11.4. The second-order valence-corrected chi connectivity index (χ2v) is 6.53. The first-order chi connectivity index (χ1) is 10.5. The van der Waals surface area contributed by atoms with E-state index >= 15 is 0 Å². The molecule has 6 heteroatoms. The van der Waals surface area contributed by atoms with Gasteiger partial charge in [0.2, 0.25) is 0 Å². The Bertz CT molecular complexity index is 739. The Morgan fingerprint density at radius 1 is 0.909 bits per heavy atom.